The maximum Gasteiger partial charge on any atom is 0.271 e. The molecule has 11 nitrogen and oxygen atoms in total. The molecule has 40 heavy (non-hydrogen) atoms. The molecule has 1 aromatic heterocycles. The van der Waals surface area contributed by atoms with Gasteiger partial charge in [0.05, 0.1) is 33.9 Å². The van der Waals surface area contributed by atoms with E-state index in [9.17, 15) is 24.1 Å². The first-order valence-electron chi connectivity index (χ1n) is 13.2. The van der Waals surface area contributed by atoms with Crippen LogP contribution in [0.2, 0.25) is 5.28 Å². The average Bonchev–Trinajstić information content (AvgIpc) is 3.48. The Morgan fingerprint density at radius 1 is 1.27 bits per heavy atom. The fraction of sp³-hybridized carbons (Fsp3) is 0.538. The molecular weight excluding hydrogens is 561 g/mol. The van der Waals surface area contributed by atoms with E-state index < -0.39 is 16.6 Å². The average molecular weight is 592 g/mol. The number of non-ortho nitro benzene ring substituents is 1. The van der Waals surface area contributed by atoms with Gasteiger partial charge in [-0.1, -0.05) is 0 Å². The summed E-state index contributed by atoms with van der Waals surface area (Å²) in [6.07, 6.45) is 2.76. The van der Waals surface area contributed by atoms with Crippen LogP contribution in [0.3, 0.4) is 0 Å². The fourth-order valence-corrected chi connectivity index (χ4v) is 8.05. The third-order valence-corrected chi connectivity index (χ3v) is 9.97. The third kappa shape index (κ3) is 6.01. The second-order valence-corrected chi connectivity index (χ2v) is 12.3. The van der Waals surface area contributed by atoms with Gasteiger partial charge in [0.2, 0.25) is 17.1 Å². The number of hydrogen-bond donors (Lipinski definition) is 2. The summed E-state index contributed by atoms with van der Waals surface area (Å²) in [5.41, 5.74) is 6.99. The quantitative estimate of drug-likeness (QED) is 0.255. The molecule has 2 saturated carbocycles. The number of nitro benzene ring substituents is 1. The lowest BCUT2D eigenvalue weighted by Gasteiger charge is -2.35. The van der Waals surface area contributed by atoms with Gasteiger partial charge in [-0.05, 0) is 61.7 Å². The van der Waals surface area contributed by atoms with Crippen molar-refractivity contribution in [1.82, 2.24) is 14.9 Å². The highest BCUT2D eigenvalue weighted by atomic mass is 35.5. The summed E-state index contributed by atoms with van der Waals surface area (Å²) >= 11 is 7.37. The van der Waals surface area contributed by atoms with Gasteiger partial charge in [-0.25, -0.2) is 14.4 Å². The minimum absolute atomic E-state index is 0.0603. The molecule has 2 heterocycles. The minimum Gasteiger partial charge on any atom is -0.369 e. The van der Waals surface area contributed by atoms with Crippen molar-refractivity contribution in [3.8, 4) is 0 Å². The van der Waals surface area contributed by atoms with Crippen LogP contribution in [-0.2, 0) is 16.0 Å². The van der Waals surface area contributed by atoms with E-state index in [4.69, 9.17) is 17.3 Å². The first-order chi connectivity index (χ1) is 19.1. The highest BCUT2D eigenvalue weighted by molar-refractivity contribution is 8.00. The number of nitrogens with one attached hydrogen (secondary N) is 1. The molecular formula is C26H31ClFN7O4S. The number of likely N-dealkylation sites (N-methyl/N-ethyl adjacent to an activating group) is 1. The molecule has 3 N–H and O–H groups in total. The smallest absolute Gasteiger partial charge is 0.271 e. The number of nitrogens with zero attached hydrogens (tertiary/aromatic N) is 5. The van der Waals surface area contributed by atoms with Crippen LogP contribution in [0.5, 0.6) is 0 Å². The lowest BCUT2D eigenvalue weighted by Crippen LogP contribution is -2.44. The van der Waals surface area contributed by atoms with Gasteiger partial charge in [0.1, 0.15) is 0 Å². The zero-order chi connectivity index (χ0) is 28.6. The highest BCUT2D eigenvalue weighted by Gasteiger charge is 2.54. The molecule has 3 aliphatic rings. The van der Waals surface area contributed by atoms with Crippen molar-refractivity contribution >= 4 is 52.2 Å². The van der Waals surface area contributed by atoms with Crippen molar-refractivity contribution in [2.45, 2.75) is 24.5 Å². The topological polar surface area (TPSA) is 148 Å². The zero-order valence-corrected chi connectivity index (χ0v) is 23.5. The van der Waals surface area contributed by atoms with Crippen molar-refractivity contribution in [2.24, 2.45) is 29.4 Å². The molecule has 1 aromatic carbocycles. The number of carbonyl (C=O) groups excluding carboxylic acids is 2. The largest absolute Gasteiger partial charge is 0.369 e. The van der Waals surface area contributed by atoms with Crippen LogP contribution in [0, 0.1) is 39.6 Å². The van der Waals surface area contributed by atoms with E-state index >= 15 is 0 Å². The first-order valence-corrected chi connectivity index (χ1v) is 14.6. The van der Waals surface area contributed by atoms with Gasteiger partial charge in [0.25, 0.3) is 5.69 Å². The van der Waals surface area contributed by atoms with E-state index in [0.29, 0.717) is 5.69 Å². The number of nitro groups is 1. The molecule has 3 fully saturated rings. The number of thioether (sulfide) groups is 1. The Bertz CT molecular complexity index is 1310. The molecule has 0 radical (unpaired) electrons. The predicted molar refractivity (Wildman–Crippen MR) is 151 cm³/mol. The van der Waals surface area contributed by atoms with Crippen molar-refractivity contribution in [3.05, 3.63) is 51.3 Å². The van der Waals surface area contributed by atoms with E-state index in [-0.39, 0.29) is 63.7 Å². The van der Waals surface area contributed by atoms with Crippen LogP contribution < -0.4 is 16.0 Å². The second kappa shape index (κ2) is 11.8. The molecule has 5 atom stereocenters. The molecule has 5 rings (SSSR count). The number of nitrogens with two attached hydrogens (primary N) is 1. The maximum absolute atomic E-state index is 14.4. The van der Waals surface area contributed by atoms with Gasteiger partial charge in [0.15, 0.2) is 5.82 Å². The Kier molecular flexibility index (Phi) is 8.43. The van der Waals surface area contributed by atoms with Gasteiger partial charge in [0, 0.05) is 49.5 Å². The second-order valence-electron chi connectivity index (χ2n) is 10.8. The van der Waals surface area contributed by atoms with Gasteiger partial charge in [-0.15, -0.1) is 11.8 Å². The maximum atomic E-state index is 14.4. The molecule has 0 unspecified atom stereocenters. The van der Waals surface area contributed by atoms with E-state index in [2.05, 4.69) is 25.1 Å². The number of primary amides is 1. The zero-order valence-electron chi connectivity index (χ0n) is 22.0. The van der Waals surface area contributed by atoms with Crippen molar-refractivity contribution < 1.29 is 18.9 Å². The normalized spacial score (nSPS) is 26.2. The molecule has 1 aliphatic heterocycles. The Hall–Kier alpha value is -3.03. The van der Waals surface area contributed by atoms with E-state index in [1.165, 1.54) is 23.9 Å². The number of halogens is 2. The Balaban J connectivity index is 1.26. The number of aromatic nitrogens is 2. The van der Waals surface area contributed by atoms with Crippen LogP contribution in [0.4, 0.5) is 21.5 Å². The van der Waals surface area contributed by atoms with E-state index in [0.717, 1.165) is 50.9 Å². The van der Waals surface area contributed by atoms with Crippen LogP contribution in [-0.4, -0.2) is 75.8 Å². The van der Waals surface area contributed by atoms with Crippen molar-refractivity contribution in [2.75, 3.05) is 49.2 Å². The van der Waals surface area contributed by atoms with Gasteiger partial charge < -0.3 is 20.9 Å². The van der Waals surface area contributed by atoms with E-state index in [1.54, 1.807) is 6.07 Å². The fourth-order valence-electron chi connectivity index (χ4n) is 6.52. The molecule has 1 saturated heterocycles. The molecule has 2 amide bonds. The van der Waals surface area contributed by atoms with Crippen molar-refractivity contribution in [3.63, 3.8) is 0 Å². The van der Waals surface area contributed by atoms with Crippen LogP contribution >= 0.6 is 23.4 Å². The summed E-state index contributed by atoms with van der Waals surface area (Å²) in [6.45, 7) is 3.20. The van der Waals surface area contributed by atoms with Gasteiger partial charge in [-0.2, -0.15) is 0 Å². The molecule has 214 valence electrons. The minimum atomic E-state index is -0.577. The molecule has 0 spiro atoms. The number of hydrogen-bond acceptors (Lipinski definition) is 9. The number of amides is 2. The summed E-state index contributed by atoms with van der Waals surface area (Å²) in [6, 6.07) is 4.55. The number of piperazine rings is 1. The number of benzene rings is 1. The number of fused-ring (bicyclic) bond motifs is 2. The monoisotopic (exact) mass is 591 g/mol. The van der Waals surface area contributed by atoms with E-state index in [1.807, 2.05) is 7.05 Å². The first kappa shape index (κ1) is 28.5. The van der Waals surface area contributed by atoms with Crippen molar-refractivity contribution in [1.29, 1.82) is 0 Å². The summed E-state index contributed by atoms with van der Waals surface area (Å²) in [4.78, 5) is 48.4. The number of carbonyl (C=O) groups is 2. The van der Waals surface area contributed by atoms with Crippen LogP contribution in [0.15, 0.2) is 24.4 Å². The summed E-state index contributed by atoms with van der Waals surface area (Å²) in [5, 5.41) is 14.3. The molecule has 2 aliphatic carbocycles. The SMILES string of the molecule is CN1CCN(c2ccc([N+](=O)[O-])cc2NC(=O)CS[C@@H]2C[C@H]3C[C@H]2[C@@H](Cc2nc(Cl)ncc2F)[C@H]3C(N)=O)CC1. The third-order valence-electron chi connectivity index (χ3n) is 8.39. The standard InChI is InChI=1S/C26H31ClFN7O4S/c1-33-4-6-34(7-5-33)21-3-2-15(35(38)39)10-20(21)31-23(36)13-40-22-9-14-8-16(22)17(24(14)25(29)37)11-19-18(28)12-30-26(27)32-19/h2-3,10,12,14,16-17,22,24H,4-9,11,13H2,1H3,(H2,29,37)(H,31,36)/t14-,16+,17-,22-,24+/m1/s1. The Labute approximate surface area is 240 Å². The number of anilines is 2. The number of rotatable bonds is 9. The predicted octanol–water partition coefficient (Wildman–Crippen LogP) is 2.97. The Morgan fingerprint density at radius 3 is 2.73 bits per heavy atom. The molecule has 14 heteroatoms. The lowest BCUT2D eigenvalue weighted by molar-refractivity contribution is -0.384. The lowest BCUT2D eigenvalue weighted by atomic mass is 9.76. The van der Waals surface area contributed by atoms with Gasteiger partial charge >= 0.3 is 0 Å². The van der Waals surface area contributed by atoms with Crippen LogP contribution in [0.1, 0.15) is 18.5 Å². The summed E-state index contributed by atoms with van der Waals surface area (Å²) < 4.78 is 14.4. The highest BCUT2D eigenvalue weighted by Crippen LogP contribution is 2.56. The molecule has 2 aromatic rings. The van der Waals surface area contributed by atoms with Gasteiger partial charge in [-0.3, -0.25) is 19.7 Å². The van der Waals surface area contributed by atoms with Crippen LogP contribution in [0.25, 0.3) is 0 Å². The summed E-state index contributed by atoms with van der Waals surface area (Å²) in [5.74, 6) is -1.58. The Morgan fingerprint density at radius 2 is 2.02 bits per heavy atom. The molecule has 2 bridgehead atoms. The summed E-state index contributed by atoms with van der Waals surface area (Å²) in [7, 11) is 2.04.